The normalized spacial score (nSPS) is 24.9. The van der Waals surface area contributed by atoms with Crippen molar-refractivity contribution in [2.24, 2.45) is 0 Å². The van der Waals surface area contributed by atoms with Crippen molar-refractivity contribution in [1.82, 2.24) is 0 Å². The molecule has 100 valence electrons. The minimum Gasteiger partial charge on any atom is -0.379 e. The first-order chi connectivity index (χ1) is 8.19. The summed E-state index contributed by atoms with van der Waals surface area (Å²) in [6, 6.07) is 6.89. The molecule has 2 heteroatoms. The molecule has 0 saturated heterocycles. The van der Waals surface area contributed by atoms with Crippen LogP contribution >= 0.6 is 12.4 Å². The highest BCUT2D eigenvalue weighted by molar-refractivity contribution is 5.85. The summed E-state index contributed by atoms with van der Waals surface area (Å²) in [5.41, 5.74) is 4.73. The van der Waals surface area contributed by atoms with Crippen LogP contribution < -0.4 is 5.32 Å². The summed E-state index contributed by atoms with van der Waals surface area (Å²) in [6.07, 6.45) is 8.29. The van der Waals surface area contributed by atoms with Gasteiger partial charge in [0.05, 0.1) is 0 Å². The summed E-state index contributed by atoms with van der Waals surface area (Å²) in [5, 5.41) is 3.87. The number of rotatable bonds is 0. The van der Waals surface area contributed by atoms with E-state index >= 15 is 0 Å². The molecule has 1 aliphatic carbocycles. The van der Waals surface area contributed by atoms with Crippen molar-refractivity contribution in [3.63, 3.8) is 0 Å². The second kappa shape index (κ2) is 5.13. The van der Waals surface area contributed by atoms with Crippen molar-refractivity contribution in [2.75, 3.05) is 5.32 Å². The Balaban J connectivity index is 0.00000120. The fraction of sp³-hybridized carbons (Fsp3) is 0.625. The Hall–Kier alpha value is -0.690. The zero-order valence-corrected chi connectivity index (χ0v) is 12.3. The van der Waals surface area contributed by atoms with E-state index in [1.54, 1.807) is 0 Å². The molecular formula is C16H24ClN. The molecule has 0 amide bonds. The van der Waals surface area contributed by atoms with Crippen molar-refractivity contribution in [2.45, 2.75) is 63.8 Å². The first kappa shape index (κ1) is 13.7. The molecule has 1 unspecified atom stereocenters. The lowest BCUT2D eigenvalue weighted by atomic mass is 9.71. The predicted octanol–water partition coefficient (Wildman–Crippen LogP) is 5.04. The lowest BCUT2D eigenvalue weighted by Crippen LogP contribution is -2.44. The van der Waals surface area contributed by atoms with Gasteiger partial charge in [0.15, 0.2) is 0 Å². The Morgan fingerprint density at radius 2 is 1.89 bits per heavy atom. The Morgan fingerprint density at radius 3 is 2.61 bits per heavy atom. The van der Waals surface area contributed by atoms with Gasteiger partial charge < -0.3 is 5.32 Å². The van der Waals surface area contributed by atoms with Gasteiger partial charge in [-0.05, 0) is 43.7 Å². The zero-order chi connectivity index (χ0) is 11.9. The third-order valence-electron chi connectivity index (χ3n) is 4.65. The molecule has 1 aromatic rings. The number of anilines is 1. The number of fused-ring (bicyclic) bond motifs is 1. The molecule has 1 aliphatic heterocycles. The van der Waals surface area contributed by atoms with Gasteiger partial charge in [0.1, 0.15) is 0 Å². The summed E-state index contributed by atoms with van der Waals surface area (Å²) in [5.74, 6) is 0.712. The van der Waals surface area contributed by atoms with E-state index < -0.39 is 0 Å². The Labute approximate surface area is 117 Å². The number of benzene rings is 1. The fourth-order valence-electron chi connectivity index (χ4n) is 3.79. The monoisotopic (exact) mass is 265 g/mol. The molecule has 1 aromatic carbocycles. The average Bonchev–Trinajstić information content (AvgIpc) is 2.31. The predicted molar refractivity (Wildman–Crippen MR) is 80.9 cm³/mol. The smallest absolute Gasteiger partial charge is 0.0379 e. The average molecular weight is 266 g/mol. The van der Waals surface area contributed by atoms with Gasteiger partial charge >= 0.3 is 0 Å². The van der Waals surface area contributed by atoms with E-state index in [-0.39, 0.29) is 12.4 Å². The summed E-state index contributed by atoms with van der Waals surface area (Å²) in [4.78, 5) is 0. The molecule has 1 heterocycles. The van der Waals surface area contributed by atoms with Crippen LogP contribution in [0.1, 0.15) is 62.5 Å². The quantitative estimate of drug-likeness (QED) is 0.693. The van der Waals surface area contributed by atoms with E-state index in [1.165, 1.54) is 55.3 Å². The van der Waals surface area contributed by atoms with Crippen LogP contribution in [0.3, 0.4) is 0 Å². The SMILES string of the molecule is Cc1ccc2c(c1)C(C)CC1(CCCCC1)N2.Cl. The maximum atomic E-state index is 3.87. The molecule has 1 nitrogen and oxygen atoms in total. The van der Waals surface area contributed by atoms with Crippen LogP contribution in [0.25, 0.3) is 0 Å². The van der Waals surface area contributed by atoms with Crippen LogP contribution in [0.15, 0.2) is 18.2 Å². The molecular weight excluding hydrogens is 242 g/mol. The van der Waals surface area contributed by atoms with Crippen LogP contribution in [0.2, 0.25) is 0 Å². The number of hydrogen-bond acceptors (Lipinski definition) is 1. The second-order valence-electron chi connectivity index (χ2n) is 6.16. The molecule has 1 saturated carbocycles. The first-order valence-electron chi connectivity index (χ1n) is 7.07. The standard InChI is InChI=1S/C16H23N.ClH/c1-12-6-7-15-14(10-12)13(2)11-16(17-15)8-4-3-5-9-16;/h6-7,10,13,17H,3-5,8-9,11H2,1-2H3;1H. The van der Waals surface area contributed by atoms with Gasteiger partial charge in [0.25, 0.3) is 0 Å². The van der Waals surface area contributed by atoms with E-state index in [2.05, 4.69) is 37.4 Å². The molecule has 0 bridgehead atoms. The molecule has 1 N–H and O–H groups in total. The Morgan fingerprint density at radius 1 is 1.17 bits per heavy atom. The third kappa shape index (κ3) is 2.38. The van der Waals surface area contributed by atoms with Crippen LogP contribution in [-0.2, 0) is 0 Å². The van der Waals surface area contributed by atoms with Gasteiger partial charge in [-0.15, -0.1) is 12.4 Å². The van der Waals surface area contributed by atoms with Crippen LogP contribution in [0, 0.1) is 6.92 Å². The molecule has 18 heavy (non-hydrogen) atoms. The van der Waals surface area contributed by atoms with E-state index in [9.17, 15) is 0 Å². The van der Waals surface area contributed by atoms with Crippen molar-refractivity contribution in [3.8, 4) is 0 Å². The number of halogens is 1. The van der Waals surface area contributed by atoms with Crippen molar-refractivity contribution in [3.05, 3.63) is 29.3 Å². The highest BCUT2D eigenvalue weighted by atomic mass is 35.5. The number of hydrogen-bond donors (Lipinski definition) is 1. The molecule has 1 fully saturated rings. The van der Waals surface area contributed by atoms with Crippen molar-refractivity contribution < 1.29 is 0 Å². The summed E-state index contributed by atoms with van der Waals surface area (Å²) in [6.45, 7) is 4.59. The summed E-state index contributed by atoms with van der Waals surface area (Å²) in [7, 11) is 0. The second-order valence-corrected chi connectivity index (χ2v) is 6.16. The largest absolute Gasteiger partial charge is 0.379 e. The molecule has 0 aromatic heterocycles. The van der Waals surface area contributed by atoms with Gasteiger partial charge in [-0.2, -0.15) is 0 Å². The number of nitrogens with one attached hydrogen (secondary N) is 1. The summed E-state index contributed by atoms with van der Waals surface area (Å²) < 4.78 is 0. The molecule has 3 rings (SSSR count). The summed E-state index contributed by atoms with van der Waals surface area (Å²) >= 11 is 0. The fourth-order valence-corrected chi connectivity index (χ4v) is 3.79. The maximum absolute atomic E-state index is 3.87. The minimum atomic E-state index is 0. The topological polar surface area (TPSA) is 12.0 Å². The van der Waals surface area contributed by atoms with Gasteiger partial charge in [-0.1, -0.05) is 43.9 Å². The van der Waals surface area contributed by atoms with Crippen molar-refractivity contribution in [1.29, 1.82) is 0 Å². The number of aryl methyl sites for hydroxylation is 1. The van der Waals surface area contributed by atoms with E-state index in [4.69, 9.17) is 0 Å². The van der Waals surface area contributed by atoms with E-state index in [0.29, 0.717) is 11.5 Å². The van der Waals surface area contributed by atoms with Gasteiger partial charge in [0, 0.05) is 11.2 Å². The first-order valence-corrected chi connectivity index (χ1v) is 7.07. The third-order valence-corrected chi connectivity index (χ3v) is 4.65. The van der Waals surface area contributed by atoms with Crippen LogP contribution in [-0.4, -0.2) is 5.54 Å². The van der Waals surface area contributed by atoms with Crippen LogP contribution in [0.5, 0.6) is 0 Å². The lowest BCUT2D eigenvalue weighted by Gasteiger charge is -2.45. The minimum absolute atomic E-state index is 0. The highest BCUT2D eigenvalue weighted by Crippen LogP contribution is 2.45. The van der Waals surface area contributed by atoms with Gasteiger partial charge in [-0.3, -0.25) is 0 Å². The van der Waals surface area contributed by atoms with Gasteiger partial charge in [0.2, 0.25) is 0 Å². The molecule has 2 aliphatic rings. The van der Waals surface area contributed by atoms with E-state index in [0.717, 1.165) is 0 Å². The molecule has 1 atom stereocenters. The molecule has 0 radical (unpaired) electrons. The lowest BCUT2D eigenvalue weighted by molar-refractivity contribution is 0.281. The maximum Gasteiger partial charge on any atom is 0.0379 e. The van der Waals surface area contributed by atoms with Crippen molar-refractivity contribution >= 4 is 18.1 Å². The van der Waals surface area contributed by atoms with Crippen LogP contribution in [0.4, 0.5) is 5.69 Å². The highest BCUT2D eigenvalue weighted by Gasteiger charge is 2.37. The van der Waals surface area contributed by atoms with E-state index in [1.807, 2.05) is 0 Å². The van der Waals surface area contributed by atoms with Gasteiger partial charge in [-0.25, -0.2) is 0 Å². The Bertz CT molecular complexity index is 421. The Kier molecular flexibility index (Phi) is 3.91. The zero-order valence-electron chi connectivity index (χ0n) is 11.5. The molecule has 1 spiro atoms.